The van der Waals surface area contributed by atoms with E-state index in [0.717, 1.165) is 17.9 Å². The standard InChI is InChI=1S/C11H16ClNO/c1-8(2)13-7-9-5-4-6-10(12)11(9)14-3/h4-6,8,13H,7H2,1-3H3. The zero-order chi connectivity index (χ0) is 10.6. The van der Waals surface area contributed by atoms with Crippen LogP contribution in [0.1, 0.15) is 19.4 Å². The van der Waals surface area contributed by atoms with Crippen molar-refractivity contribution in [3.63, 3.8) is 0 Å². The lowest BCUT2D eigenvalue weighted by atomic mass is 10.2. The van der Waals surface area contributed by atoms with Crippen molar-refractivity contribution in [1.82, 2.24) is 5.32 Å². The minimum Gasteiger partial charge on any atom is -0.495 e. The van der Waals surface area contributed by atoms with Gasteiger partial charge >= 0.3 is 0 Å². The number of benzene rings is 1. The zero-order valence-corrected chi connectivity index (χ0v) is 9.56. The lowest BCUT2D eigenvalue weighted by Crippen LogP contribution is -2.22. The minimum atomic E-state index is 0.457. The van der Waals surface area contributed by atoms with Gasteiger partial charge in [0.2, 0.25) is 0 Å². The second-order valence-corrected chi connectivity index (χ2v) is 3.88. The van der Waals surface area contributed by atoms with Crippen molar-refractivity contribution in [3.8, 4) is 5.75 Å². The number of rotatable bonds is 4. The van der Waals surface area contributed by atoms with Crippen molar-refractivity contribution >= 4 is 11.6 Å². The van der Waals surface area contributed by atoms with Crippen LogP contribution in [0.5, 0.6) is 5.75 Å². The summed E-state index contributed by atoms with van der Waals surface area (Å²) in [5, 5.41) is 3.99. The van der Waals surface area contributed by atoms with Gasteiger partial charge in [-0.2, -0.15) is 0 Å². The van der Waals surface area contributed by atoms with Crippen LogP contribution in [0, 0.1) is 0 Å². The molecule has 0 amide bonds. The normalized spacial score (nSPS) is 10.6. The van der Waals surface area contributed by atoms with E-state index in [-0.39, 0.29) is 0 Å². The number of methoxy groups -OCH3 is 1. The van der Waals surface area contributed by atoms with Gasteiger partial charge in [0.25, 0.3) is 0 Å². The lowest BCUT2D eigenvalue weighted by molar-refractivity contribution is 0.406. The fourth-order valence-electron chi connectivity index (χ4n) is 1.24. The Morgan fingerprint density at radius 2 is 2.14 bits per heavy atom. The van der Waals surface area contributed by atoms with Crippen molar-refractivity contribution in [2.24, 2.45) is 0 Å². The molecule has 0 aliphatic rings. The molecule has 14 heavy (non-hydrogen) atoms. The number of halogens is 1. The summed E-state index contributed by atoms with van der Waals surface area (Å²) in [6.07, 6.45) is 0. The molecule has 0 unspecified atom stereocenters. The van der Waals surface area contributed by atoms with Crippen molar-refractivity contribution in [2.75, 3.05) is 7.11 Å². The van der Waals surface area contributed by atoms with Gasteiger partial charge in [-0.15, -0.1) is 0 Å². The number of para-hydroxylation sites is 1. The molecule has 1 aromatic carbocycles. The molecule has 1 N–H and O–H groups in total. The van der Waals surface area contributed by atoms with Crippen molar-refractivity contribution in [1.29, 1.82) is 0 Å². The molecule has 0 atom stereocenters. The molecule has 2 nitrogen and oxygen atoms in total. The van der Waals surface area contributed by atoms with Crippen LogP contribution in [-0.2, 0) is 6.54 Å². The smallest absolute Gasteiger partial charge is 0.141 e. The SMILES string of the molecule is COc1c(Cl)cccc1CNC(C)C. The molecule has 1 rings (SSSR count). The molecule has 0 aliphatic heterocycles. The van der Waals surface area contributed by atoms with Crippen molar-refractivity contribution in [3.05, 3.63) is 28.8 Å². The summed E-state index contributed by atoms with van der Waals surface area (Å²) < 4.78 is 5.24. The first-order chi connectivity index (χ1) is 6.65. The maximum atomic E-state index is 5.99. The average Bonchev–Trinajstić information content (AvgIpc) is 2.14. The van der Waals surface area contributed by atoms with Gasteiger partial charge in [0.15, 0.2) is 0 Å². The highest BCUT2D eigenvalue weighted by atomic mass is 35.5. The highest BCUT2D eigenvalue weighted by molar-refractivity contribution is 6.32. The van der Waals surface area contributed by atoms with E-state index in [1.54, 1.807) is 7.11 Å². The van der Waals surface area contributed by atoms with Crippen LogP contribution in [0.15, 0.2) is 18.2 Å². The molecule has 0 radical (unpaired) electrons. The van der Waals surface area contributed by atoms with Gasteiger partial charge < -0.3 is 10.1 Å². The predicted octanol–water partition coefficient (Wildman–Crippen LogP) is 2.85. The summed E-state index contributed by atoms with van der Waals surface area (Å²) in [6, 6.07) is 6.24. The van der Waals surface area contributed by atoms with E-state index >= 15 is 0 Å². The third-order valence-corrected chi connectivity index (χ3v) is 2.25. The van der Waals surface area contributed by atoms with Crippen LogP contribution in [0.2, 0.25) is 5.02 Å². The summed E-state index contributed by atoms with van der Waals surface area (Å²) in [6.45, 7) is 5.00. The Kier molecular flexibility index (Phi) is 4.23. The summed E-state index contributed by atoms with van der Waals surface area (Å²) in [5.41, 5.74) is 1.09. The van der Waals surface area contributed by atoms with Crippen molar-refractivity contribution < 1.29 is 4.74 Å². The molecular formula is C11H16ClNO. The summed E-state index contributed by atoms with van der Waals surface area (Å²) in [5.74, 6) is 0.766. The van der Waals surface area contributed by atoms with E-state index in [2.05, 4.69) is 19.2 Å². The molecule has 3 heteroatoms. The van der Waals surface area contributed by atoms with Gasteiger partial charge in [-0.05, 0) is 6.07 Å². The van der Waals surface area contributed by atoms with Crippen LogP contribution >= 0.6 is 11.6 Å². The Morgan fingerprint density at radius 3 is 2.71 bits per heavy atom. The number of hydrogen-bond acceptors (Lipinski definition) is 2. The fourth-order valence-corrected chi connectivity index (χ4v) is 1.51. The largest absolute Gasteiger partial charge is 0.495 e. The molecule has 0 saturated heterocycles. The Labute approximate surface area is 90.2 Å². The fraction of sp³-hybridized carbons (Fsp3) is 0.455. The molecule has 0 aromatic heterocycles. The summed E-state index contributed by atoms with van der Waals surface area (Å²) >= 11 is 5.99. The zero-order valence-electron chi connectivity index (χ0n) is 8.80. The van der Waals surface area contributed by atoms with Gasteiger partial charge in [0.05, 0.1) is 12.1 Å². The molecular weight excluding hydrogens is 198 g/mol. The average molecular weight is 214 g/mol. The molecule has 0 aliphatic carbocycles. The number of ether oxygens (including phenoxy) is 1. The molecule has 0 bridgehead atoms. The Morgan fingerprint density at radius 1 is 1.43 bits per heavy atom. The molecule has 78 valence electrons. The molecule has 0 fully saturated rings. The van der Waals surface area contributed by atoms with Gasteiger partial charge in [-0.25, -0.2) is 0 Å². The van der Waals surface area contributed by atoms with E-state index in [1.807, 2.05) is 18.2 Å². The quantitative estimate of drug-likeness (QED) is 0.831. The molecule has 0 heterocycles. The van der Waals surface area contributed by atoms with Crippen LogP contribution in [0.4, 0.5) is 0 Å². The van der Waals surface area contributed by atoms with E-state index in [1.165, 1.54) is 0 Å². The molecule has 0 saturated carbocycles. The Balaban J connectivity index is 2.80. The van der Waals surface area contributed by atoms with E-state index in [9.17, 15) is 0 Å². The second kappa shape index (κ2) is 5.23. The highest BCUT2D eigenvalue weighted by Crippen LogP contribution is 2.27. The molecule has 1 aromatic rings. The van der Waals surface area contributed by atoms with Crippen LogP contribution in [-0.4, -0.2) is 13.2 Å². The van der Waals surface area contributed by atoms with E-state index in [4.69, 9.17) is 16.3 Å². The molecule has 0 spiro atoms. The monoisotopic (exact) mass is 213 g/mol. The van der Waals surface area contributed by atoms with E-state index < -0.39 is 0 Å². The maximum Gasteiger partial charge on any atom is 0.141 e. The first kappa shape index (κ1) is 11.3. The lowest BCUT2D eigenvalue weighted by Gasteiger charge is -2.12. The second-order valence-electron chi connectivity index (χ2n) is 3.47. The van der Waals surface area contributed by atoms with Crippen molar-refractivity contribution in [2.45, 2.75) is 26.4 Å². The maximum absolute atomic E-state index is 5.99. The predicted molar refractivity (Wildman–Crippen MR) is 60.0 cm³/mol. The summed E-state index contributed by atoms with van der Waals surface area (Å²) in [4.78, 5) is 0. The third-order valence-electron chi connectivity index (χ3n) is 1.95. The summed E-state index contributed by atoms with van der Waals surface area (Å²) in [7, 11) is 1.64. The number of hydrogen-bond donors (Lipinski definition) is 1. The van der Waals surface area contributed by atoms with Gasteiger partial charge in [0, 0.05) is 18.2 Å². The van der Waals surface area contributed by atoms with Gasteiger partial charge in [-0.3, -0.25) is 0 Å². The topological polar surface area (TPSA) is 21.3 Å². The number of nitrogens with one attached hydrogen (secondary N) is 1. The van der Waals surface area contributed by atoms with Gasteiger partial charge in [-0.1, -0.05) is 37.6 Å². The first-order valence-electron chi connectivity index (χ1n) is 4.70. The first-order valence-corrected chi connectivity index (χ1v) is 5.07. The van der Waals surface area contributed by atoms with Crippen LogP contribution in [0.3, 0.4) is 0 Å². The van der Waals surface area contributed by atoms with Crippen LogP contribution in [0.25, 0.3) is 0 Å². The Hall–Kier alpha value is -0.730. The highest BCUT2D eigenvalue weighted by Gasteiger charge is 2.06. The minimum absolute atomic E-state index is 0.457. The Bertz CT molecular complexity index is 299. The van der Waals surface area contributed by atoms with Crippen LogP contribution < -0.4 is 10.1 Å². The van der Waals surface area contributed by atoms with E-state index in [0.29, 0.717) is 11.1 Å². The third kappa shape index (κ3) is 2.89. The van der Waals surface area contributed by atoms with Gasteiger partial charge in [0.1, 0.15) is 5.75 Å².